The Kier molecular flexibility index (Phi) is 9.02. The van der Waals surface area contributed by atoms with Crippen LogP contribution in [-0.2, 0) is 9.53 Å². The molecule has 108 valence electrons. The molecule has 0 saturated heterocycles. The highest BCUT2D eigenvalue weighted by molar-refractivity contribution is 5.78. The first-order valence-electron chi connectivity index (χ1n) is 6.96. The van der Waals surface area contributed by atoms with Crippen LogP contribution in [0, 0.1) is 5.92 Å². The average Bonchev–Trinajstić information content (AvgIpc) is 2.26. The second-order valence-electron chi connectivity index (χ2n) is 5.49. The molecule has 0 bridgehead atoms. The van der Waals surface area contributed by atoms with E-state index in [1.165, 1.54) is 0 Å². The Labute approximate surface area is 112 Å². The Morgan fingerprint density at radius 1 is 1.22 bits per heavy atom. The summed E-state index contributed by atoms with van der Waals surface area (Å²) < 4.78 is 5.44. The molecule has 0 aliphatic rings. The van der Waals surface area contributed by atoms with Gasteiger partial charge in [-0.1, -0.05) is 13.3 Å². The number of hydrogen-bond donors (Lipinski definition) is 1. The van der Waals surface area contributed by atoms with Crippen molar-refractivity contribution in [2.45, 2.75) is 59.1 Å². The third-order valence-electron chi connectivity index (χ3n) is 2.97. The molecule has 2 atom stereocenters. The van der Waals surface area contributed by atoms with Crippen LogP contribution in [0.2, 0.25) is 0 Å². The van der Waals surface area contributed by atoms with Crippen LogP contribution in [0.1, 0.15) is 47.0 Å². The molecule has 0 aromatic rings. The van der Waals surface area contributed by atoms with Crippen LogP contribution >= 0.6 is 0 Å². The van der Waals surface area contributed by atoms with E-state index in [1.807, 2.05) is 34.7 Å². The van der Waals surface area contributed by atoms with Gasteiger partial charge in [0.1, 0.15) is 0 Å². The molecule has 0 saturated carbocycles. The van der Waals surface area contributed by atoms with Crippen molar-refractivity contribution < 1.29 is 9.53 Å². The molecule has 2 unspecified atom stereocenters. The topological polar surface area (TPSA) is 55.6 Å². The minimum atomic E-state index is 0.0767. The summed E-state index contributed by atoms with van der Waals surface area (Å²) in [4.78, 5) is 13.8. The van der Waals surface area contributed by atoms with Crippen molar-refractivity contribution in [3.8, 4) is 0 Å². The number of carbonyl (C=O) groups is 1. The van der Waals surface area contributed by atoms with Crippen molar-refractivity contribution in [2.75, 3.05) is 20.2 Å². The standard InChI is InChI=1S/C14H30N2O2/c1-11(2)18-10-9-16(5)14(17)12(3)7-6-8-13(4)15/h11-13H,6-10,15H2,1-5H3. The number of amides is 1. The van der Waals surface area contributed by atoms with E-state index in [2.05, 4.69) is 0 Å². The van der Waals surface area contributed by atoms with Crippen molar-refractivity contribution >= 4 is 5.91 Å². The SMILES string of the molecule is CC(N)CCCC(C)C(=O)N(C)CCOC(C)C. The van der Waals surface area contributed by atoms with Crippen molar-refractivity contribution in [1.29, 1.82) is 0 Å². The maximum atomic E-state index is 12.0. The minimum absolute atomic E-state index is 0.0767. The van der Waals surface area contributed by atoms with Gasteiger partial charge in [-0.3, -0.25) is 4.79 Å². The van der Waals surface area contributed by atoms with Gasteiger partial charge in [0.15, 0.2) is 0 Å². The second kappa shape index (κ2) is 9.34. The van der Waals surface area contributed by atoms with Gasteiger partial charge >= 0.3 is 0 Å². The van der Waals surface area contributed by atoms with E-state index in [0.717, 1.165) is 19.3 Å². The normalized spacial score (nSPS) is 14.6. The molecule has 0 aromatic carbocycles. The van der Waals surface area contributed by atoms with Gasteiger partial charge in [0.2, 0.25) is 5.91 Å². The monoisotopic (exact) mass is 258 g/mol. The fraction of sp³-hybridized carbons (Fsp3) is 0.929. The zero-order chi connectivity index (χ0) is 14.1. The zero-order valence-electron chi connectivity index (χ0n) is 12.6. The Bertz CT molecular complexity index is 208. The highest BCUT2D eigenvalue weighted by Gasteiger charge is 2.17. The molecular formula is C14H30N2O2. The maximum absolute atomic E-state index is 12.0. The first kappa shape index (κ1) is 17.4. The lowest BCUT2D eigenvalue weighted by Crippen LogP contribution is -2.34. The van der Waals surface area contributed by atoms with E-state index in [4.69, 9.17) is 10.5 Å². The molecule has 2 N–H and O–H groups in total. The van der Waals surface area contributed by atoms with Crippen LogP contribution < -0.4 is 5.73 Å². The molecule has 0 radical (unpaired) electrons. The maximum Gasteiger partial charge on any atom is 0.225 e. The third kappa shape index (κ3) is 8.48. The average molecular weight is 258 g/mol. The summed E-state index contributed by atoms with van der Waals surface area (Å²) in [6, 6.07) is 0.226. The highest BCUT2D eigenvalue weighted by Crippen LogP contribution is 2.11. The molecule has 0 aliphatic carbocycles. The van der Waals surface area contributed by atoms with Gasteiger partial charge in [-0.2, -0.15) is 0 Å². The molecule has 0 aromatic heterocycles. The first-order valence-corrected chi connectivity index (χ1v) is 6.96. The molecule has 0 spiro atoms. The molecule has 0 fully saturated rings. The largest absolute Gasteiger partial charge is 0.377 e. The number of nitrogens with zero attached hydrogens (tertiary/aromatic N) is 1. The predicted octanol–water partition coefficient (Wildman–Crippen LogP) is 2.02. The summed E-state index contributed by atoms with van der Waals surface area (Å²) in [6.45, 7) is 9.25. The molecule has 18 heavy (non-hydrogen) atoms. The van der Waals surface area contributed by atoms with Gasteiger partial charge in [-0.15, -0.1) is 0 Å². The van der Waals surface area contributed by atoms with Crippen molar-refractivity contribution in [3.63, 3.8) is 0 Å². The van der Waals surface area contributed by atoms with Crippen LogP contribution in [0.25, 0.3) is 0 Å². The molecular weight excluding hydrogens is 228 g/mol. The van der Waals surface area contributed by atoms with Crippen molar-refractivity contribution in [3.05, 3.63) is 0 Å². The summed E-state index contributed by atoms with van der Waals surface area (Å²) in [5.74, 6) is 0.278. The molecule has 4 nitrogen and oxygen atoms in total. The zero-order valence-corrected chi connectivity index (χ0v) is 12.6. The lowest BCUT2D eigenvalue weighted by Gasteiger charge is -2.22. The molecule has 0 rings (SSSR count). The van der Waals surface area contributed by atoms with E-state index >= 15 is 0 Å². The lowest BCUT2D eigenvalue weighted by molar-refractivity contribution is -0.134. The van der Waals surface area contributed by atoms with Gasteiger partial charge in [0, 0.05) is 25.6 Å². The summed E-state index contributed by atoms with van der Waals surface area (Å²) in [7, 11) is 1.84. The van der Waals surface area contributed by atoms with E-state index in [-0.39, 0.29) is 24.0 Å². The molecule has 0 heterocycles. The Morgan fingerprint density at radius 3 is 2.33 bits per heavy atom. The van der Waals surface area contributed by atoms with E-state index in [1.54, 1.807) is 4.90 Å². The Balaban J connectivity index is 3.82. The van der Waals surface area contributed by atoms with Gasteiger partial charge in [0.25, 0.3) is 0 Å². The number of likely N-dealkylation sites (N-methyl/N-ethyl adjacent to an activating group) is 1. The minimum Gasteiger partial charge on any atom is -0.377 e. The number of ether oxygens (including phenoxy) is 1. The van der Waals surface area contributed by atoms with Crippen LogP contribution in [0.15, 0.2) is 0 Å². The van der Waals surface area contributed by atoms with Crippen molar-refractivity contribution in [2.24, 2.45) is 11.7 Å². The Morgan fingerprint density at radius 2 is 1.83 bits per heavy atom. The smallest absolute Gasteiger partial charge is 0.225 e. The summed E-state index contributed by atoms with van der Waals surface area (Å²) in [5.41, 5.74) is 5.70. The van der Waals surface area contributed by atoms with E-state index in [0.29, 0.717) is 13.2 Å². The number of carbonyl (C=O) groups excluding carboxylic acids is 1. The summed E-state index contributed by atoms with van der Waals surface area (Å²) in [5, 5.41) is 0. The molecule has 0 aliphatic heterocycles. The van der Waals surface area contributed by atoms with E-state index in [9.17, 15) is 4.79 Å². The van der Waals surface area contributed by atoms with Crippen LogP contribution in [-0.4, -0.2) is 43.2 Å². The fourth-order valence-electron chi connectivity index (χ4n) is 1.78. The summed E-state index contributed by atoms with van der Waals surface area (Å²) >= 11 is 0. The van der Waals surface area contributed by atoms with Gasteiger partial charge < -0.3 is 15.4 Å². The van der Waals surface area contributed by atoms with Crippen LogP contribution in [0.4, 0.5) is 0 Å². The van der Waals surface area contributed by atoms with Crippen LogP contribution in [0.3, 0.4) is 0 Å². The highest BCUT2D eigenvalue weighted by atomic mass is 16.5. The van der Waals surface area contributed by atoms with Crippen molar-refractivity contribution in [1.82, 2.24) is 4.90 Å². The Hall–Kier alpha value is -0.610. The van der Waals surface area contributed by atoms with Gasteiger partial charge in [-0.25, -0.2) is 0 Å². The lowest BCUT2D eigenvalue weighted by atomic mass is 10.0. The number of hydrogen-bond acceptors (Lipinski definition) is 3. The quantitative estimate of drug-likeness (QED) is 0.688. The van der Waals surface area contributed by atoms with Gasteiger partial charge in [0.05, 0.1) is 12.7 Å². The number of rotatable bonds is 9. The predicted molar refractivity (Wildman–Crippen MR) is 75.4 cm³/mol. The molecule has 4 heteroatoms. The molecule has 1 amide bonds. The van der Waals surface area contributed by atoms with E-state index < -0.39 is 0 Å². The number of nitrogens with two attached hydrogens (primary N) is 1. The third-order valence-corrected chi connectivity index (χ3v) is 2.97. The summed E-state index contributed by atoms with van der Waals surface area (Å²) in [6.07, 6.45) is 3.13. The first-order chi connectivity index (χ1) is 8.34. The fourth-order valence-corrected chi connectivity index (χ4v) is 1.78. The van der Waals surface area contributed by atoms with Crippen LogP contribution in [0.5, 0.6) is 0 Å². The van der Waals surface area contributed by atoms with Gasteiger partial charge in [-0.05, 0) is 33.6 Å². The second-order valence-corrected chi connectivity index (χ2v) is 5.49.